The van der Waals surface area contributed by atoms with Crippen LogP contribution < -0.4 is 10.6 Å². The lowest BCUT2D eigenvalue weighted by molar-refractivity contribution is -0.138. The Morgan fingerprint density at radius 3 is 2.38 bits per heavy atom. The molecule has 37 heavy (non-hydrogen) atoms. The summed E-state index contributed by atoms with van der Waals surface area (Å²) in [6.45, 7) is 6.34. The summed E-state index contributed by atoms with van der Waals surface area (Å²) in [6, 6.07) is 22.8. The van der Waals surface area contributed by atoms with Gasteiger partial charge < -0.3 is 15.4 Å². The van der Waals surface area contributed by atoms with E-state index in [-0.39, 0.29) is 18.5 Å². The smallest absolute Gasteiger partial charge is 0.338 e. The molecule has 3 aromatic carbocycles. The van der Waals surface area contributed by atoms with Gasteiger partial charge in [-0.2, -0.15) is 0 Å². The van der Waals surface area contributed by atoms with Gasteiger partial charge in [-0.05, 0) is 55.7 Å². The number of esters is 1. The first-order chi connectivity index (χ1) is 17.9. The van der Waals surface area contributed by atoms with Crippen LogP contribution in [0.25, 0.3) is 5.70 Å². The second kappa shape index (κ2) is 11.6. The molecule has 1 unspecified atom stereocenters. The number of carbonyl (C=O) groups is 3. The molecule has 0 bridgehead atoms. The van der Waals surface area contributed by atoms with Crippen LogP contribution >= 0.6 is 0 Å². The Balaban J connectivity index is 1.78. The van der Waals surface area contributed by atoms with Gasteiger partial charge in [-0.1, -0.05) is 67.1 Å². The number of nitrogens with one attached hydrogen (secondary N) is 2. The Labute approximate surface area is 217 Å². The van der Waals surface area contributed by atoms with Crippen LogP contribution in [0, 0.1) is 6.92 Å². The molecule has 4 rings (SSSR count). The van der Waals surface area contributed by atoms with Gasteiger partial charge in [0, 0.05) is 17.8 Å². The van der Waals surface area contributed by atoms with Gasteiger partial charge in [-0.15, -0.1) is 0 Å². The van der Waals surface area contributed by atoms with Crippen molar-refractivity contribution in [3.05, 3.63) is 107 Å². The van der Waals surface area contributed by atoms with Crippen molar-refractivity contribution in [3.8, 4) is 0 Å². The van der Waals surface area contributed by atoms with Gasteiger partial charge in [-0.3, -0.25) is 9.69 Å². The van der Waals surface area contributed by atoms with Gasteiger partial charge in [0.15, 0.2) is 0 Å². The monoisotopic (exact) mass is 497 g/mol. The molecule has 7 nitrogen and oxygen atoms in total. The van der Waals surface area contributed by atoms with Crippen LogP contribution in [0.4, 0.5) is 10.5 Å². The number of benzene rings is 3. The van der Waals surface area contributed by atoms with E-state index in [4.69, 9.17) is 4.74 Å². The van der Waals surface area contributed by atoms with Crippen LogP contribution in [0.3, 0.4) is 0 Å². The summed E-state index contributed by atoms with van der Waals surface area (Å²) >= 11 is 0. The van der Waals surface area contributed by atoms with Crippen molar-refractivity contribution in [2.75, 3.05) is 18.5 Å². The molecule has 1 atom stereocenters. The second-order valence-corrected chi connectivity index (χ2v) is 8.83. The van der Waals surface area contributed by atoms with Crippen LogP contribution in [0.15, 0.2) is 84.4 Å². The maximum Gasteiger partial charge on any atom is 0.338 e. The molecule has 3 aromatic rings. The van der Waals surface area contributed by atoms with Crippen LogP contribution in [0.1, 0.15) is 53.4 Å². The molecule has 0 saturated heterocycles. The largest absolute Gasteiger partial charge is 0.463 e. The number of hydrogen-bond acceptors (Lipinski definition) is 4. The third kappa shape index (κ3) is 5.72. The average molecular weight is 498 g/mol. The van der Waals surface area contributed by atoms with Gasteiger partial charge in [0.1, 0.15) is 0 Å². The second-order valence-electron chi connectivity index (χ2n) is 8.83. The highest BCUT2D eigenvalue weighted by Crippen LogP contribution is 2.37. The summed E-state index contributed by atoms with van der Waals surface area (Å²) in [5.41, 5.74) is 4.45. The van der Waals surface area contributed by atoms with Crippen molar-refractivity contribution in [2.45, 2.75) is 33.2 Å². The molecule has 0 aromatic heterocycles. The Kier molecular flexibility index (Phi) is 8.03. The normalized spacial score (nSPS) is 15.3. The highest BCUT2D eigenvalue weighted by atomic mass is 16.5. The summed E-state index contributed by atoms with van der Waals surface area (Å²) in [5, 5.41) is 5.91. The molecule has 0 saturated carbocycles. The van der Waals surface area contributed by atoms with E-state index in [1.807, 2.05) is 62.4 Å². The zero-order chi connectivity index (χ0) is 26.4. The number of nitrogens with zero attached hydrogens (tertiary/aromatic N) is 1. The van der Waals surface area contributed by atoms with Crippen molar-refractivity contribution in [3.63, 3.8) is 0 Å². The summed E-state index contributed by atoms with van der Waals surface area (Å²) in [4.78, 5) is 41.1. The molecule has 3 amide bonds. The molecule has 0 aliphatic carbocycles. The predicted molar refractivity (Wildman–Crippen MR) is 144 cm³/mol. The molecular weight excluding hydrogens is 466 g/mol. The van der Waals surface area contributed by atoms with Crippen molar-refractivity contribution >= 4 is 29.3 Å². The van der Waals surface area contributed by atoms with Crippen LogP contribution in [0.2, 0.25) is 0 Å². The average Bonchev–Trinajstić information content (AvgIpc) is 2.90. The number of carbonyl (C=O) groups excluding carboxylic acids is 3. The predicted octanol–water partition coefficient (Wildman–Crippen LogP) is 5.70. The summed E-state index contributed by atoms with van der Waals surface area (Å²) in [7, 11) is 0. The highest BCUT2D eigenvalue weighted by Gasteiger charge is 2.38. The Morgan fingerprint density at radius 2 is 1.70 bits per heavy atom. The molecule has 0 radical (unpaired) electrons. The first kappa shape index (κ1) is 25.7. The fourth-order valence-corrected chi connectivity index (χ4v) is 4.38. The molecule has 1 aliphatic heterocycles. The van der Waals surface area contributed by atoms with E-state index in [9.17, 15) is 14.4 Å². The van der Waals surface area contributed by atoms with Gasteiger partial charge >= 0.3 is 12.0 Å². The molecule has 190 valence electrons. The SMILES string of the molecule is CCCN1C(=O)NC(c2cccc(NC(=O)c3ccc(C)cc3)c2)C(C(=O)OCC)=C1c1ccccc1. The van der Waals surface area contributed by atoms with E-state index in [1.54, 1.807) is 42.2 Å². The van der Waals surface area contributed by atoms with Crippen molar-refractivity contribution < 1.29 is 19.1 Å². The van der Waals surface area contributed by atoms with E-state index in [0.717, 1.165) is 11.1 Å². The van der Waals surface area contributed by atoms with Gasteiger partial charge in [0.05, 0.1) is 23.9 Å². The molecular formula is C30H31N3O4. The summed E-state index contributed by atoms with van der Waals surface area (Å²) < 4.78 is 5.46. The lowest BCUT2D eigenvalue weighted by atomic mass is 9.91. The minimum absolute atomic E-state index is 0.200. The standard InChI is InChI=1S/C30H31N3O4/c1-4-18-33-27(21-10-7-6-8-11-21)25(29(35)37-5-2)26(32-30(33)36)23-12-9-13-24(19-23)31-28(34)22-16-14-20(3)15-17-22/h6-17,19,26H,4-5,18H2,1-3H3,(H,31,34)(H,32,36). The maximum atomic E-state index is 13.4. The third-order valence-corrected chi connectivity index (χ3v) is 6.11. The number of anilines is 1. The van der Waals surface area contributed by atoms with Crippen LogP contribution in [-0.2, 0) is 9.53 Å². The Bertz CT molecular complexity index is 1320. The van der Waals surface area contributed by atoms with Gasteiger partial charge in [0.2, 0.25) is 0 Å². The fourth-order valence-electron chi connectivity index (χ4n) is 4.38. The van der Waals surface area contributed by atoms with Gasteiger partial charge in [-0.25, -0.2) is 9.59 Å². The van der Waals surface area contributed by atoms with Gasteiger partial charge in [0.25, 0.3) is 5.91 Å². The lowest BCUT2D eigenvalue weighted by Gasteiger charge is -2.37. The molecule has 0 spiro atoms. The molecule has 7 heteroatoms. The van der Waals surface area contributed by atoms with E-state index in [0.29, 0.717) is 41.1 Å². The van der Waals surface area contributed by atoms with E-state index in [1.165, 1.54) is 0 Å². The molecule has 2 N–H and O–H groups in total. The van der Waals surface area contributed by atoms with Crippen molar-refractivity contribution in [2.24, 2.45) is 0 Å². The number of ether oxygens (including phenoxy) is 1. The Morgan fingerprint density at radius 1 is 0.973 bits per heavy atom. The minimum atomic E-state index is -0.758. The summed E-state index contributed by atoms with van der Waals surface area (Å²) in [5.74, 6) is -0.744. The highest BCUT2D eigenvalue weighted by molar-refractivity contribution is 6.05. The van der Waals surface area contributed by atoms with Crippen molar-refractivity contribution in [1.29, 1.82) is 0 Å². The number of hydrogen-bond donors (Lipinski definition) is 2. The number of urea groups is 1. The van der Waals surface area contributed by atoms with Crippen LogP contribution in [0.5, 0.6) is 0 Å². The lowest BCUT2D eigenvalue weighted by Crippen LogP contribution is -2.48. The topological polar surface area (TPSA) is 87.7 Å². The first-order valence-electron chi connectivity index (χ1n) is 12.5. The van der Waals surface area contributed by atoms with E-state index >= 15 is 0 Å². The zero-order valence-electron chi connectivity index (χ0n) is 21.3. The number of amides is 3. The van der Waals surface area contributed by atoms with E-state index in [2.05, 4.69) is 10.6 Å². The fraction of sp³-hybridized carbons (Fsp3) is 0.233. The first-order valence-corrected chi connectivity index (χ1v) is 12.5. The number of aryl methyl sites for hydroxylation is 1. The Hall–Kier alpha value is -4.39. The van der Waals surface area contributed by atoms with Crippen molar-refractivity contribution in [1.82, 2.24) is 10.2 Å². The zero-order valence-corrected chi connectivity index (χ0v) is 21.3. The molecule has 0 fully saturated rings. The molecule has 1 heterocycles. The van der Waals surface area contributed by atoms with Crippen LogP contribution in [-0.4, -0.2) is 36.0 Å². The molecule has 1 aliphatic rings. The quantitative estimate of drug-likeness (QED) is 0.391. The maximum absolute atomic E-state index is 13.4. The summed E-state index contributed by atoms with van der Waals surface area (Å²) in [6.07, 6.45) is 0.713. The van der Waals surface area contributed by atoms with E-state index < -0.39 is 12.0 Å². The number of rotatable bonds is 8. The minimum Gasteiger partial charge on any atom is -0.463 e. The third-order valence-electron chi connectivity index (χ3n) is 6.11.